The predicted molar refractivity (Wildman–Crippen MR) is 106 cm³/mol. The summed E-state index contributed by atoms with van der Waals surface area (Å²) in [7, 11) is 0. The van der Waals surface area contributed by atoms with Gasteiger partial charge in [-0.1, -0.05) is 24.3 Å². The lowest BCUT2D eigenvalue weighted by Crippen LogP contribution is -2.43. The van der Waals surface area contributed by atoms with Crippen LogP contribution in [-0.4, -0.2) is 40.1 Å². The van der Waals surface area contributed by atoms with Crippen molar-refractivity contribution in [3.63, 3.8) is 0 Å². The Labute approximate surface area is 155 Å². The van der Waals surface area contributed by atoms with Crippen molar-refractivity contribution in [2.24, 2.45) is 0 Å². The Morgan fingerprint density at radius 1 is 1.07 bits per heavy atom. The molecule has 0 spiro atoms. The number of nitrogens with zero attached hydrogens (tertiary/aromatic N) is 2. The number of rotatable bonds is 2. The molecule has 2 saturated heterocycles. The molecule has 2 fully saturated rings. The van der Waals surface area contributed by atoms with E-state index in [1.807, 2.05) is 36.4 Å². The van der Waals surface area contributed by atoms with Crippen molar-refractivity contribution in [1.29, 1.82) is 0 Å². The molecule has 6 nitrogen and oxygen atoms in total. The third kappa shape index (κ3) is 2.23. The summed E-state index contributed by atoms with van der Waals surface area (Å²) in [5, 5.41) is 3.54. The van der Waals surface area contributed by atoms with E-state index in [1.165, 1.54) is 12.1 Å². The molecule has 0 radical (unpaired) electrons. The van der Waals surface area contributed by atoms with Crippen molar-refractivity contribution in [2.45, 2.75) is 18.5 Å². The van der Waals surface area contributed by atoms with Gasteiger partial charge in [0.2, 0.25) is 0 Å². The summed E-state index contributed by atoms with van der Waals surface area (Å²) in [6.45, 7) is 2.11. The van der Waals surface area contributed by atoms with Crippen molar-refractivity contribution in [3.05, 3.63) is 58.9 Å². The van der Waals surface area contributed by atoms with E-state index in [0.29, 0.717) is 23.5 Å². The fourth-order valence-electron chi connectivity index (χ4n) is 4.59. The number of aromatic nitrogens is 3. The highest BCUT2D eigenvalue weighted by Crippen LogP contribution is 2.33. The van der Waals surface area contributed by atoms with Gasteiger partial charge in [0.25, 0.3) is 5.56 Å². The first-order valence-electron chi connectivity index (χ1n) is 9.37. The van der Waals surface area contributed by atoms with Crippen molar-refractivity contribution < 1.29 is 0 Å². The Kier molecular flexibility index (Phi) is 3.02. The Balaban J connectivity index is 1.46. The first-order valence-corrected chi connectivity index (χ1v) is 9.37. The normalized spacial score (nSPS) is 21.6. The molecule has 4 aliphatic rings. The summed E-state index contributed by atoms with van der Waals surface area (Å²) < 4.78 is 0. The Morgan fingerprint density at radius 3 is 2.85 bits per heavy atom. The number of fused-ring (bicyclic) bond motifs is 4. The molecule has 3 aliphatic heterocycles. The minimum absolute atomic E-state index is 0.113. The molecule has 2 unspecified atom stereocenters. The number of nitrogens with one attached hydrogen (secondary N) is 3. The summed E-state index contributed by atoms with van der Waals surface area (Å²) >= 11 is 0. The minimum atomic E-state index is -0.113. The number of aromatic amines is 2. The maximum Gasteiger partial charge on any atom is 0.260 e. The van der Waals surface area contributed by atoms with E-state index in [9.17, 15) is 4.79 Å². The third-order valence-corrected chi connectivity index (χ3v) is 5.87. The van der Waals surface area contributed by atoms with E-state index < -0.39 is 0 Å². The fraction of sp³-hybridized carbons (Fsp3) is 0.238. The Hall–Kier alpha value is -3.12. The topological polar surface area (TPSA) is 76.8 Å². The third-order valence-electron chi connectivity index (χ3n) is 5.87. The highest BCUT2D eigenvalue weighted by Gasteiger charge is 2.37. The number of piperazine rings is 1. The second-order valence-corrected chi connectivity index (χ2v) is 7.50. The van der Waals surface area contributed by atoms with Crippen molar-refractivity contribution in [3.8, 4) is 22.6 Å². The van der Waals surface area contributed by atoms with Crippen LogP contribution in [0.5, 0.6) is 0 Å². The second kappa shape index (κ2) is 5.44. The van der Waals surface area contributed by atoms with Crippen LogP contribution in [0.2, 0.25) is 0 Å². The van der Waals surface area contributed by atoms with E-state index in [4.69, 9.17) is 4.98 Å². The molecule has 6 heteroatoms. The van der Waals surface area contributed by atoms with Gasteiger partial charge >= 0.3 is 0 Å². The van der Waals surface area contributed by atoms with Crippen molar-refractivity contribution >= 4 is 16.7 Å². The SMILES string of the molecule is O=c1[nH]c2cccccc-2c1-c1nc2ccc(N3CC4CC3CN4)cc2[nH]1. The lowest BCUT2D eigenvalue weighted by Gasteiger charge is -2.29. The van der Waals surface area contributed by atoms with Crippen LogP contribution in [0.15, 0.2) is 53.3 Å². The molecular formula is C21H19N5O. The van der Waals surface area contributed by atoms with Crippen LogP contribution in [0.25, 0.3) is 33.7 Å². The largest absolute Gasteiger partial charge is 0.366 e. The molecule has 134 valence electrons. The van der Waals surface area contributed by atoms with E-state index in [-0.39, 0.29) is 5.56 Å². The molecular weight excluding hydrogens is 338 g/mol. The maximum atomic E-state index is 12.5. The molecule has 1 aliphatic carbocycles. The van der Waals surface area contributed by atoms with Crippen LogP contribution >= 0.6 is 0 Å². The van der Waals surface area contributed by atoms with Crippen LogP contribution < -0.4 is 15.8 Å². The summed E-state index contributed by atoms with van der Waals surface area (Å²) in [5.74, 6) is 0.620. The molecule has 2 bridgehead atoms. The van der Waals surface area contributed by atoms with Gasteiger partial charge in [-0.3, -0.25) is 4.79 Å². The molecule has 0 amide bonds. The van der Waals surface area contributed by atoms with Crippen molar-refractivity contribution in [1.82, 2.24) is 20.3 Å². The summed E-state index contributed by atoms with van der Waals surface area (Å²) in [6.07, 6.45) is 1.22. The number of hydrogen-bond acceptors (Lipinski definition) is 4. The summed E-state index contributed by atoms with van der Waals surface area (Å²) in [5.41, 5.74) is 5.26. The van der Waals surface area contributed by atoms with Gasteiger partial charge in [-0.05, 0) is 30.7 Å². The minimum Gasteiger partial charge on any atom is -0.366 e. The molecule has 4 heterocycles. The van der Waals surface area contributed by atoms with Gasteiger partial charge in [0.1, 0.15) is 5.82 Å². The number of hydrogen-bond donors (Lipinski definition) is 3. The van der Waals surface area contributed by atoms with Gasteiger partial charge in [0, 0.05) is 42.1 Å². The highest BCUT2D eigenvalue weighted by atomic mass is 16.1. The van der Waals surface area contributed by atoms with Gasteiger partial charge in [-0.25, -0.2) is 4.98 Å². The smallest absolute Gasteiger partial charge is 0.260 e. The summed E-state index contributed by atoms with van der Waals surface area (Å²) in [6, 6.07) is 17.2. The van der Waals surface area contributed by atoms with Crippen molar-refractivity contribution in [2.75, 3.05) is 18.0 Å². The summed E-state index contributed by atoms with van der Waals surface area (Å²) in [4.78, 5) is 26.0. The van der Waals surface area contributed by atoms with Crippen LogP contribution in [0.1, 0.15) is 6.42 Å². The Bertz CT molecular complexity index is 1190. The molecule has 2 aromatic rings. The molecule has 6 rings (SSSR count). The number of H-pyrrole nitrogens is 2. The molecule has 27 heavy (non-hydrogen) atoms. The zero-order valence-corrected chi connectivity index (χ0v) is 14.7. The lowest BCUT2D eigenvalue weighted by molar-refractivity contribution is 0.580. The average Bonchev–Trinajstić information content (AvgIpc) is 3.41. The number of benzene rings is 1. The second-order valence-electron chi connectivity index (χ2n) is 7.50. The van der Waals surface area contributed by atoms with E-state index in [1.54, 1.807) is 0 Å². The quantitative estimate of drug-likeness (QED) is 0.515. The van der Waals surface area contributed by atoms with Gasteiger partial charge in [-0.2, -0.15) is 0 Å². The molecule has 0 saturated carbocycles. The zero-order valence-electron chi connectivity index (χ0n) is 14.7. The first-order chi connectivity index (χ1) is 13.3. The molecule has 2 atom stereocenters. The van der Waals surface area contributed by atoms with Crippen LogP contribution in [0.3, 0.4) is 0 Å². The van der Waals surface area contributed by atoms with Gasteiger partial charge in [0.05, 0.1) is 16.6 Å². The fourth-order valence-corrected chi connectivity index (χ4v) is 4.59. The monoisotopic (exact) mass is 357 g/mol. The maximum absolute atomic E-state index is 12.5. The number of anilines is 1. The highest BCUT2D eigenvalue weighted by molar-refractivity contribution is 5.87. The first kappa shape index (κ1) is 15.0. The van der Waals surface area contributed by atoms with Gasteiger partial charge in [0.15, 0.2) is 0 Å². The van der Waals surface area contributed by atoms with E-state index in [2.05, 4.69) is 32.3 Å². The zero-order chi connectivity index (χ0) is 18.0. The van der Waals surface area contributed by atoms with Gasteiger partial charge < -0.3 is 20.2 Å². The Morgan fingerprint density at radius 2 is 2.00 bits per heavy atom. The van der Waals surface area contributed by atoms with Gasteiger partial charge in [-0.15, -0.1) is 0 Å². The van der Waals surface area contributed by atoms with Crippen LogP contribution in [0, 0.1) is 0 Å². The molecule has 3 N–H and O–H groups in total. The molecule has 1 aromatic heterocycles. The predicted octanol–water partition coefficient (Wildman–Crippen LogP) is 2.57. The van der Waals surface area contributed by atoms with Crippen LogP contribution in [0.4, 0.5) is 5.69 Å². The average molecular weight is 357 g/mol. The van der Waals surface area contributed by atoms with E-state index >= 15 is 0 Å². The number of imidazole rings is 1. The molecule has 1 aromatic carbocycles. The standard InChI is InChI=1S/C21H19N5O/c27-21-19(15-4-2-1-3-5-16(15)25-21)20-23-17-7-6-13(9-18(17)24-20)26-11-12-8-14(26)10-22-12/h1-7,9,12,14,22H,8,10-11H2,(H,23,24)(H,25,27). The van der Waals surface area contributed by atoms with Crippen LogP contribution in [-0.2, 0) is 0 Å². The van der Waals surface area contributed by atoms with E-state index in [0.717, 1.165) is 35.4 Å². The lowest BCUT2D eigenvalue weighted by atomic mass is 10.1.